The van der Waals surface area contributed by atoms with Crippen molar-refractivity contribution in [3.05, 3.63) is 63.4 Å². The summed E-state index contributed by atoms with van der Waals surface area (Å²) in [5, 5.41) is 0.623. The quantitative estimate of drug-likeness (QED) is 0.866. The second-order valence-electron chi connectivity index (χ2n) is 5.76. The van der Waals surface area contributed by atoms with Gasteiger partial charge in [0, 0.05) is 43.2 Å². The highest BCUT2D eigenvalue weighted by Crippen LogP contribution is 2.25. The molecule has 120 valence electrons. The number of benzene rings is 1. The van der Waals surface area contributed by atoms with Crippen molar-refractivity contribution < 1.29 is 9.53 Å². The summed E-state index contributed by atoms with van der Waals surface area (Å²) in [5.41, 5.74) is 4.96. The molecular formula is C18H19ClN2O2. The maximum absolute atomic E-state index is 12.8. The van der Waals surface area contributed by atoms with Crippen LogP contribution < -0.4 is 0 Å². The third-order valence-corrected chi connectivity index (χ3v) is 4.72. The van der Waals surface area contributed by atoms with Crippen LogP contribution in [0.2, 0.25) is 5.02 Å². The number of hydrogen-bond donors (Lipinski definition) is 0. The van der Waals surface area contributed by atoms with Crippen molar-refractivity contribution in [3.8, 4) is 0 Å². The van der Waals surface area contributed by atoms with Gasteiger partial charge in [0.15, 0.2) is 0 Å². The van der Waals surface area contributed by atoms with E-state index in [2.05, 4.69) is 4.98 Å². The fourth-order valence-electron chi connectivity index (χ4n) is 3.03. The van der Waals surface area contributed by atoms with E-state index in [9.17, 15) is 4.79 Å². The maximum atomic E-state index is 12.8. The van der Waals surface area contributed by atoms with E-state index in [1.54, 1.807) is 13.2 Å². The molecule has 0 atom stereocenters. The lowest BCUT2D eigenvalue weighted by Gasteiger charge is -2.30. The second-order valence-corrected chi connectivity index (χ2v) is 6.17. The van der Waals surface area contributed by atoms with Crippen LogP contribution in [0, 0.1) is 6.92 Å². The van der Waals surface area contributed by atoms with Gasteiger partial charge in [-0.05, 0) is 47.7 Å². The van der Waals surface area contributed by atoms with E-state index in [0.717, 1.165) is 23.1 Å². The van der Waals surface area contributed by atoms with E-state index in [0.29, 0.717) is 30.3 Å². The van der Waals surface area contributed by atoms with Gasteiger partial charge in [-0.1, -0.05) is 17.7 Å². The van der Waals surface area contributed by atoms with Gasteiger partial charge in [-0.2, -0.15) is 0 Å². The molecule has 5 heteroatoms. The van der Waals surface area contributed by atoms with E-state index in [1.807, 2.05) is 36.4 Å². The van der Waals surface area contributed by atoms with Gasteiger partial charge in [0.1, 0.15) is 0 Å². The van der Waals surface area contributed by atoms with Gasteiger partial charge in [-0.25, -0.2) is 0 Å². The first-order chi connectivity index (χ1) is 11.1. The van der Waals surface area contributed by atoms with Crippen LogP contribution in [0.3, 0.4) is 0 Å². The number of pyridine rings is 1. The first-order valence-corrected chi connectivity index (χ1v) is 7.97. The summed E-state index contributed by atoms with van der Waals surface area (Å²) in [5.74, 6) is 0.0211. The number of methoxy groups -OCH3 is 1. The molecule has 0 unspecified atom stereocenters. The van der Waals surface area contributed by atoms with E-state index < -0.39 is 0 Å². The average molecular weight is 331 g/mol. The Bertz CT molecular complexity index is 746. The van der Waals surface area contributed by atoms with Crippen molar-refractivity contribution in [2.24, 2.45) is 0 Å². The van der Waals surface area contributed by atoms with Gasteiger partial charge in [0.05, 0.1) is 6.61 Å². The predicted molar refractivity (Wildman–Crippen MR) is 89.6 cm³/mol. The molecule has 23 heavy (non-hydrogen) atoms. The number of halogens is 1. The average Bonchev–Trinajstić information content (AvgIpc) is 2.57. The highest BCUT2D eigenvalue weighted by molar-refractivity contribution is 6.31. The zero-order valence-corrected chi connectivity index (χ0v) is 14.1. The van der Waals surface area contributed by atoms with Crippen molar-refractivity contribution >= 4 is 17.5 Å². The molecule has 2 aromatic rings. The van der Waals surface area contributed by atoms with Crippen LogP contribution in [0.15, 0.2) is 30.6 Å². The zero-order valence-electron chi connectivity index (χ0n) is 13.3. The van der Waals surface area contributed by atoms with E-state index in [1.165, 1.54) is 5.56 Å². The number of carbonyl (C=O) groups is 1. The van der Waals surface area contributed by atoms with Crippen LogP contribution in [0.1, 0.15) is 32.6 Å². The Morgan fingerprint density at radius 1 is 1.39 bits per heavy atom. The van der Waals surface area contributed by atoms with Gasteiger partial charge in [-0.15, -0.1) is 0 Å². The van der Waals surface area contributed by atoms with Crippen molar-refractivity contribution in [1.29, 1.82) is 0 Å². The number of ether oxygens (including phenoxy) is 1. The highest BCUT2D eigenvalue weighted by Gasteiger charge is 2.24. The molecule has 1 aliphatic rings. The zero-order chi connectivity index (χ0) is 16.4. The summed E-state index contributed by atoms with van der Waals surface area (Å²) >= 11 is 6.14. The summed E-state index contributed by atoms with van der Waals surface area (Å²) in [6, 6.07) is 5.46. The van der Waals surface area contributed by atoms with Crippen LogP contribution in [-0.2, 0) is 24.3 Å². The fourth-order valence-corrected chi connectivity index (χ4v) is 3.21. The van der Waals surface area contributed by atoms with E-state index in [4.69, 9.17) is 16.3 Å². The molecule has 0 spiro atoms. The molecule has 0 saturated heterocycles. The lowest BCUT2D eigenvalue weighted by Crippen LogP contribution is -2.36. The Kier molecular flexibility index (Phi) is 4.64. The predicted octanol–water partition coefficient (Wildman–Crippen LogP) is 3.39. The lowest BCUT2D eigenvalue weighted by atomic mass is 9.96. The molecule has 3 rings (SSSR count). The number of fused-ring (bicyclic) bond motifs is 1. The summed E-state index contributed by atoms with van der Waals surface area (Å²) in [4.78, 5) is 19.0. The molecule has 1 aliphatic heterocycles. The van der Waals surface area contributed by atoms with Gasteiger partial charge in [0.25, 0.3) is 5.91 Å². The van der Waals surface area contributed by atoms with Crippen molar-refractivity contribution in [2.75, 3.05) is 13.7 Å². The van der Waals surface area contributed by atoms with Gasteiger partial charge < -0.3 is 9.64 Å². The van der Waals surface area contributed by atoms with Gasteiger partial charge in [-0.3, -0.25) is 9.78 Å². The molecule has 4 nitrogen and oxygen atoms in total. The third-order valence-electron chi connectivity index (χ3n) is 4.31. The highest BCUT2D eigenvalue weighted by atomic mass is 35.5. The second kappa shape index (κ2) is 6.69. The Morgan fingerprint density at radius 2 is 2.22 bits per heavy atom. The number of aromatic nitrogens is 1. The van der Waals surface area contributed by atoms with Crippen LogP contribution in [0.4, 0.5) is 0 Å². The number of nitrogens with zero attached hydrogens (tertiary/aromatic N) is 2. The summed E-state index contributed by atoms with van der Waals surface area (Å²) in [7, 11) is 1.68. The molecule has 0 fully saturated rings. The molecule has 0 N–H and O–H groups in total. The molecule has 1 aromatic carbocycles. The first kappa shape index (κ1) is 16.0. The van der Waals surface area contributed by atoms with Gasteiger partial charge in [0.2, 0.25) is 0 Å². The Morgan fingerprint density at radius 3 is 3.00 bits per heavy atom. The van der Waals surface area contributed by atoms with Crippen LogP contribution in [0.5, 0.6) is 0 Å². The molecule has 2 heterocycles. The van der Waals surface area contributed by atoms with Crippen molar-refractivity contribution in [1.82, 2.24) is 9.88 Å². The molecule has 0 saturated carbocycles. The number of amides is 1. The van der Waals surface area contributed by atoms with Crippen molar-refractivity contribution in [2.45, 2.75) is 26.5 Å². The summed E-state index contributed by atoms with van der Waals surface area (Å²) < 4.78 is 5.23. The lowest BCUT2D eigenvalue weighted by molar-refractivity contribution is 0.0732. The normalized spacial score (nSPS) is 13.8. The Hall–Kier alpha value is -1.91. The Balaban J connectivity index is 1.86. The van der Waals surface area contributed by atoms with E-state index in [-0.39, 0.29) is 5.91 Å². The molecule has 1 amide bonds. The Labute approximate surface area is 141 Å². The standard InChI is InChI=1S/C18H19ClN2O2/c1-12-15(4-3-5-17(12)19)18(22)21-7-6-16-13(10-21)8-20-9-14(16)11-23-2/h3-5,8-9H,6-7,10-11H2,1-2H3. The minimum atomic E-state index is 0.0211. The molecule has 0 radical (unpaired) electrons. The minimum Gasteiger partial charge on any atom is -0.380 e. The summed E-state index contributed by atoms with van der Waals surface area (Å²) in [6.07, 6.45) is 4.52. The first-order valence-electron chi connectivity index (χ1n) is 7.59. The third kappa shape index (κ3) is 3.09. The fraction of sp³-hybridized carbons (Fsp3) is 0.333. The molecular weight excluding hydrogens is 312 g/mol. The molecule has 0 aliphatic carbocycles. The maximum Gasteiger partial charge on any atom is 0.254 e. The van der Waals surface area contributed by atoms with Crippen molar-refractivity contribution in [3.63, 3.8) is 0 Å². The molecule has 0 bridgehead atoms. The largest absolute Gasteiger partial charge is 0.380 e. The number of carbonyl (C=O) groups excluding carboxylic acids is 1. The van der Waals surface area contributed by atoms with E-state index >= 15 is 0 Å². The topological polar surface area (TPSA) is 42.4 Å². The molecule has 1 aromatic heterocycles. The van der Waals surface area contributed by atoms with Crippen LogP contribution in [0.25, 0.3) is 0 Å². The van der Waals surface area contributed by atoms with Crippen LogP contribution >= 0.6 is 11.6 Å². The summed E-state index contributed by atoms with van der Waals surface area (Å²) in [6.45, 7) is 3.70. The number of hydrogen-bond acceptors (Lipinski definition) is 3. The minimum absolute atomic E-state index is 0.0211. The van der Waals surface area contributed by atoms with Crippen LogP contribution in [-0.4, -0.2) is 29.4 Å². The van der Waals surface area contributed by atoms with Gasteiger partial charge >= 0.3 is 0 Å². The monoisotopic (exact) mass is 330 g/mol. The smallest absolute Gasteiger partial charge is 0.254 e. The SMILES string of the molecule is COCc1cncc2c1CCN(C(=O)c1cccc(Cl)c1C)C2. The number of rotatable bonds is 3.